The van der Waals surface area contributed by atoms with Gasteiger partial charge in [0.05, 0.1) is 37.4 Å². The lowest BCUT2D eigenvalue weighted by atomic mass is 10.1. The highest BCUT2D eigenvalue weighted by molar-refractivity contribution is 7.13. The number of ether oxygens (including phenoxy) is 3. The second kappa shape index (κ2) is 6.58. The Morgan fingerprint density at radius 1 is 1.10 bits per heavy atom. The molecule has 1 aromatic carbocycles. The standard InChI is InChI=1S/C14H18N2O3S/c1-17-11-6-9(7-12(18-2)13(11)19-3)14-10(4-5-15)16-8-20-14/h6-8H,4-5,15H2,1-3H3. The normalized spacial score (nSPS) is 10.4. The van der Waals surface area contributed by atoms with Crippen LogP contribution in [0.1, 0.15) is 5.69 Å². The molecule has 0 bridgehead atoms. The van der Waals surface area contributed by atoms with Gasteiger partial charge < -0.3 is 19.9 Å². The lowest BCUT2D eigenvalue weighted by molar-refractivity contribution is 0.324. The first kappa shape index (κ1) is 14.6. The Hall–Kier alpha value is -1.79. The van der Waals surface area contributed by atoms with E-state index in [2.05, 4.69) is 4.98 Å². The second-order valence-electron chi connectivity index (χ2n) is 4.08. The molecule has 2 aromatic rings. The molecule has 0 saturated carbocycles. The van der Waals surface area contributed by atoms with Gasteiger partial charge in [0.15, 0.2) is 11.5 Å². The monoisotopic (exact) mass is 294 g/mol. The van der Waals surface area contributed by atoms with Gasteiger partial charge in [-0.1, -0.05) is 0 Å². The van der Waals surface area contributed by atoms with Crippen LogP contribution in [0, 0.1) is 0 Å². The smallest absolute Gasteiger partial charge is 0.203 e. The summed E-state index contributed by atoms with van der Waals surface area (Å²) in [5.74, 6) is 1.85. The molecule has 0 aliphatic heterocycles. The zero-order chi connectivity index (χ0) is 14.5. The molecule has 0 fully saturated rings. The van der Waals surface area contributed by atoms with Crippen LogP contribution in [0.25, 0.3) is 10.4 Å². The molecule has 0 amide bonds. The van der Waals surface area contributed by atoms with Crippen LogP contribution in [-0.2, 0) is 6.42 Å². The largest absolute Gasteiger partial charge is 0.493 e. The minimum absolute atomic E-state index is 0.571. The summed E-state index contributed by atoms with van der Waals surface area (Å²) in [6.07, 6.45) is 0.746. The van der Waals surface area contributed by atoms with E-state index < -0.39 is 0 Å². The number of nitrogens with two attached hydrogens (primary N) is 1. The zero-order valence-electron chi connectivity index (χ0n) is 11.8. The molecular weight excluding hydrogens is 276 g/mol. The molecule has 2 N–H and O–H groups in total. The average Bonchev–Trinajstić information content (AvgIpc) is 2.94. The summed E-state index contributed by atoms with van der Waals surface area (Å²) >= 11 is 1.58. The van der Waals surface area contributed by atoms with Crippen molar-refractivity contribution in [2.45, 2.75) is 6.42 Å². The summed E-state index contributed by atoms with van der Waals surface area (Å²) in [6, 6.07) is 3.85. The number of hydrogen-bond donors (Lipinski definition) is 1. The molecule has 5 nitrogen and oxygen atoms in total. The molecular formula is C14H18N2O3S. The van der Waals surface area contributed by atoms with Crippen molar-refractivity contribution in [1.82, 2.24) is 4.98 Å². The fourth-order valence-corrected chi connectivity index (χ4v) is 2.86. The Morgan fingerprint density at radius 3 is 2.25 bits per heavy atom. The molecule has 0 saturated heterocycles. The number of hydrogen-bond acceptors (Lipinski definition) is 6. The molecule has 1 aromatic heterocycles. The van der Waals surface area contributed by atoms with Gasteiger partial charge in [-0.25, -0.2) is 4.98 Å². The van der Waals surface area contributed by atoms with Crippen LogP contribution in [0.15, 0.2) is 17.6 Å². The third-order valence-corrected chi connectivity index (χ3v) is 3.87. The minimum Gasteiger partial charge on any atom is -0.493 e. The van der Waals surface area contributed by atoms with Crippen molar-refractivity contribution in [3.63, 3.8) is 0 Å². The summed E-state index contributed by atoms with van der Waals surface area (Å²) in [6.45, 7) is 0.571. The highest BCUT2D eigenvalue weighted by Gasteiger charge is 2.16. The van der Waals surface area contributed by atoms with Crippen LogP contribution in [0.4, 0.5) is 0 Å². The summed E-state index contributed by atoms with van der Waals surface area (Å²) in [7, 11) is 4.80. The van der Waals surface area contributed by atoms with Gasteiger partial charge in [0.25, 0.3) is 0 Å². The van der Waals surface area contributed by atoms with Crippen LogP contribution in [0.2, 0.25) is 0 Å². The summed E-state index contributed by atoms with van der Waals surface area (Å²) < 4.78 is 16.1. The first-order chi connectivity index (χ1) is 9.74. The van der Waals surface area contributed by atoms with Gasteiger partial charge >= 0.3 is 0 Å². The lowest BCUT2D eigenvalue weighted by Gasteiger charge is -2.14. The van der Waals surface area contributed by atoms with E-state index in [1.165, 1.54) is 0 Å². The molecule has 0 unspecified atom stereocenters. The maximum atomic E-state index is 5.62. The Bertz CT molecular complexity index is 559. The molecule has 108 valence electrons. The number of nitrogens with zero attached hydrogens (tertiary/aromatic N) is 1. The molecule has 0 aliphatic carbocycles. The quantitative estimate of drug-likeness (QED) is 0.885. The van der Waals surface area contributed by atoms with Gasteiger partial charge in [0.1, 0.15) is 0 Å². The van der Waals surface area contributed by atoms with Gasteiger partial charge in [-0.3, -0.25) is 0 Å². The molecule has 0 radical (unpaired) electrons. The molecule has 20 heavy (non-hydrogen) atoms. The van der Waals surface area contributed by atoms with Gasteiger partial charge in [-0.15, -0.1) is 11.3 Å². The molecule has 6 heteroatoms. The third kappa shape index (κ3) is 2.71. The number of rotatable bonds is 6. The molecule has 0 aliphatic rings. The van der Waals surface area contributed by atoms with Gasteiger partial charge in [-0.2, -0.15) is 0 Å². The number of thiazole rings is 1. The van der Waals surface area contributed by atoms with Gasteiger partial charge in [-0.05, 0) is 18.7 Å². The van der Waals surface area contributed by atoms with Crippen molar-refractivity contribution >= 4 is 11.3 Å². The van der Waals surface area contributed by atoms with Crippen LogP contribution in [-0.4, -0.2) is 32.9 Å². The molecule has 1 heterocycles. The summed E-state index contributed by atoms with van der Waals surface area (Å²) in [4.78, 5) is 5.44. The predicted molar refractivity (Wildman–Crippen MR) is 80.0 cm³/mol. The highest BCUT2D eigenvalue weighted by Crippen LogP contribution is 2.42. The van der Waals surface area contributed by atoms with Crippen LogP contribution < -0.4 is 19.9 Å². The third-order valence-electron chi connectivity index (χ3n) is 2.95. The van der Waals surface area contributed by atoms with Crippen LogP contribution in [0.5, 0.6) is 17.2 Å². The number of aromatic nitrogens is 1. The molecule has 0 atom stereocenters. The molecule has 2 rings (SSSR count). The fraction of sp³-hybridized carbons (Fsp3) is 0.357. The summed E-state index contributed by atoms with van der Waals surface area (Å²) in [5, 5.41) is 0. The van der Waals surface area contributed by atoms with E-state index in [4.69, 9.17) is 19.9 Å². The number of methoxy groups -OCH3 is 3. The van der Waals surface area contributed by atoms with Crippen molar-refractivity contribution in [2.24, 2.45) is 5.73 Å². The van der Waals surface area contributed by atoms with E-state index in [1.54, 1.807) is 32.7 Å². The van der Waals surface area contributed by atoms with Gasteiger partial charge in [0.2, 0.25) is 5.75 Å². The summed E-state index contributed by atoms with van der Waals surface area (Å²) in [5.41, 5.74) is 9.43. The zero-order valence-corrected chi connectivity index (χ0v) is 12.6. The second-order valence-corrected chi connectivity index (χ2v) is 4.94. The predicted octanol–water partition coefficient (Wildman–Crippen LogP) is 2.34. The maximum absolute atomic E-state index is 5.62. The average molecular weight is 294 g/mol. The van der Waals surface area contributed by atoms with E-state index in [-0.39, 0.29) is 0 Å². The van der Waals surface area contributed by atoms with Crippen molar-refractivity contribution in [3.05, 3.63) is 23.3 Å². The van der Waals surface area contributed by atoms with Crippen molar-refractivity contribution in [3.8, 4) is 27.7 Å². The highest BCUT2D eigenvalue weighted by atomic mass is 32.1. The Balaban J connectivity index is 2.54. The first-order valence-corrected chi connectivity index (χ1v) is 7.05. The van der Waals surface area contributed by atoms with Gasteiger partial charge in [0, 0.05) is 12.0 Å². The minimum atomic E-state index is 0.571. The Morgan fingerprint density at radius 2 is 1.75 bits per heavy atom. The molecule has 0 spiro atoms. The van der Waals surface area contributed by atoms with E-state index in [9.17, 15) is 0 Å². The maximum Gasteiger partial charge on any atom is 0.203 e. The fourth-order valence-electron chi connectivity index (χ4n) is 2.03. The van der Waals surface area contributed by atoms with E-state index in [0.29, 0.717) is 23.8 Å². The van der Waals surface area contributed by atoms with Crippen molar-refractivity contribution in [2.75, 3.05) is 27.9 Å². The van der Waals surface area contributed by atoms with E-state index >= 15 is 0 Å². The number of benzene rings is 1. The van der Waals surface area contributed by atoms with Crippen molar-refractivity contribution in [1.29, 1.82) is 0 Å². The Labute approximate surface area is 122 Å². The van der Waals surface area contributed by atoms with E-state index in [1.807, 2.05) is 17.6 Å². The lowest BCUT2D eigenvalue weighted by Crippen LogP contribution is -2.03. The SMILES string of the molecule is COc1cc(-c2scnc2CCN)cc(OC)c1OC. The van der Waals surface area contributed by atoms with Crippen molar-refractivity contribution < 1.29 is 14.2 Å². The first-order valence-electron chi connectivity index (χ1n) is 6.18. The topological polar surface area (TPSA) is 66.6 Å². The van der Waals surface area contributed by atoms with Crippen LogP contribution >= 0.6 is 11.3 Å². The Kier molecular flexibility index (Phi) is 4.81. The van der Waals surface area contributed by atoms with Crippen LogP contribution in [0.3, 0.4) is 0 Å². The van der Waals surface area contributed by atoms with E-state index in [0.717, 1.165) is 22.6 Å².